The van der Waals surface area contributed by atoms with E-state index < -0.39 is 0 Å². The van der Waals surface area contributed by atoms with Crippen molar-refractivity contribution in [3.05, 3.63) is 0 Å². The van der Waals surface area contributed by atoms with Gasteiger partial charge in [-0.05, 0) is 51.1 Å². The number of methoxy groups -OCH3 is 1. The highest BCUT2D eigenvalue weighted by atomic mass is 16.5. The SMILES string of the molecule is COC1CCCC1N1CCCNC(CC(C)C)C1. The van der Waals surface area contributed by atoms with Gasteiger partial charge in [-0.1, -0.05) is 13.8 Å². The molecule has 1 saturated carbocycles. The van der Waals surface area contributed by atoms with Gasteiger partial charge in [-0.3, -0.25) is 4.90 Å². The zero-order valence-electron chi connectivity index (χ0n) is 12.3. The van der Waals surface area contributed by atoms with Crippen LogP contribution in [0.4, 0.5) is 0 Å². The largest absolute Gasteiger partial charge is 0.380 e. The summed E-state index contributed by atoms with van der Waals surface area (Å²) in [5.41, 5.74) is 0. The normalized spacial score (nSPS) is 35.0. The van der Waals surface area contributed by atoms with Crippen molar-refractivity contribution in [1.82, 2.24) is 10.2 Å². The minimum atomic E-state index is 0.475. The quantitative estimate of drug-likeness (QED) is 0.833. The van der Waals surface area contributed by atoms with Gasteiger partial charge < -0.3 is 10.1 Å². The van der Waals surface area contributed by atoms with E-state index in [-0.39, 0.29) is 0 Å². The van der Waals surface area contributed by atoms with E-state index in [1.807, 2.05) is 7.11 Å². The summed E-state index contributed by atoms with van der Waals surface area (Å²) < 4.78 is 5.67. The van der Waals surface area contributed by atoms with Gasteiger partial charge in [0.1, 0.15) is 0 Å². The number of ether oxygens (including phenoxy) is 1. The van der Waals surface area contributed by atoms with Crippen LogP contribution in [0, 0.1) is 5.92 Å². The highest BCUT2D eigenvalue weighted by Gasteiger charge is 2.33. The summed E-state index contributed by atoms with van der Waals surface area (Å²) in [5.74, 6) is 0.782. The topological polar surface area (TPSA) is 24.5 Å². The lowest BCUT2D eigenvalue weighted by molar-refractivity contribution is 0.0315. The molecule has 18 heavy (non-hydrogen) atoms. The molecule has 1 aliphatic carbocycles. The molecule has 3 heteroatoms. The Balaban J connectivity index is 1.93. The van der Waals surface area contributed by atoms with Gasteiger partial charge >= 0.3 is 0 Å². The van der Waals surface area contributed by atoms with Gasteiger partial charge in [0.15, 0.2) is 0 Å². The summed E-state index contributed by atoms with van der Waals surface area (Å²) in [5, 5.41) is 3.72. The number of hydrogen-bond acceptors (Lipinski definition) is 3. The molecular weight excluding hydrogens is 224 g/mol. The summed E-state index contributed by atoms with van der Waals surface area (Å²) in [7, 11) is 1.88. The van der Waals surface area contributed by atoms with E-state index >= 15 is 0 Å². The second-order valence-electron chi connectivity index (χ2n) is 6.40. The standard InChI is InChI=1S/C15H30N2O/c1-12(2)10-13-11-17(9-5-8-16-13)14-6-4-7-15(14)18-3/h12-16H,4-11H2,1-3H3. The molecule has 0 radical (unpaired) electrons. The van der Waals surface area contributed by atoms with Crippen LogP contribution in [0.2, 0.25) is 0 Å². The van der Waals surface area contributed by atoms with Crippen molar-refractivity contribution < 1.29 is 4.74 Å². The van der Waals surface area contributed by atoms with Crippen molar-refractivity contribution in [3.8, 4) is 0 Å². The molecule has 2 fully saturated rings. The van der Waals surface area contributed by atoms with E-state index in [9.17, 15) is 0 Å². The third-order valence-electron chi connectivity index (χ3n) is 4.46. The molecule has 0 aromatic heterocycles. The molecular formula is C15H30N2O. The molecule has 0 spiro atoms. The first-order chi connectivity index (χ1) is 8.70. The van der Waals surface area contributed by atoms with Crippen molar-refractivity contribution in [1.29, 1.82) is 0 Å². The zero-order valence-corrected chi connectivity index (χ0v) is 12.3. The summed E-state index contributed by atoms with van der Waals surface area (Å²) in [6, 6.07) is 1.34. The van der Waals surface area contributed by atoms with Crippen LogP contribution in [0.15, 0.2) is 0 Å². The lowest BCUT2D eigenvalue weighted by atomic mass is 10.0. The third kappa shape index (κ3) is 3.69. The molecule has 3 unspecified atom stereocenters. The van der Waals surface area contributed by atoms with E-state index in [2.05, 4.69) is 24.1 Å². The highest BCUT2D eigenvalue weighted by Crippen LogP contribution is 2.27. The molecule has 0 amide bonds. The molecule has 2 aliphatic rings. The molecule has 3 nitrogen and oxygen atoms in total. The first-order valence-electron chi connectivity index (χ1n) is 7.71. The smallest absolute Gasteiger partial charge is 0.0726 e. The van der Waals surface area contributed by atoms with Gasteiger partial charge in [-0.25, -0.2) is 0 Å². The number of hydrogen-bond donors (Lipinski definition) is 1. The van der Waals surface area contributed by atoms with Crippen molar-refractivity contribution in [2.75, 3.05) is 26.7 Å². The minimum absolute atomic E-state index is 0.475. The van der Waals surface area contributed by atoms with Crippen molar-refractivity contribution in [2.45, 2.75) is 64.1 Å². The lowest BCUT2D eigenvalue weighted by Crippen LogP contribution is -2.46. The monoisotopic (exact) mass is 254 g/mol. The van der Waals surface area contributed by atoms with Crippen molar-refractivity contribution >= 4 is 0 Å². The average Bonchev–Trinajstić information content (AvgIpc) is 2.69. The molecule has 106 valence electrons. The summed E-state index contributed by atoms with van der Waals surface area (Å²) in [6.07, 6.45) is 6.96. The molecule has 1 heterocycles. The molecule has 3 atom stereocenters. The first-order valence-corrected chi connectivity index (χ1v) is 7.71. The Labute approximate surface area is 112 Å². The Morgan fingerprint density at radius 2 is 2.11 bits per heavy atom. The zero-order chi connectivity index (χ0) is 13.0. The van der Waals surface area contributed by atoms with Crippen LogP contribution in [-0.2, 0) is 4.74 Å². The Hall–Kier alpha value is -0.120. The van der Waals surface area contributed by atoms with Gasteiger partial charge in [0, 0.05) is 25.7 Å². The summed E-state index contributed by atoms with van der Waals surface area (Å²) in [4.78, 5) is 2.70. The van der Waals surface area contributed by atoms with Gasteiger partial charge in [0.25, 0.3) is 0 Å². The fraction of sp³-hybridized carbons (Fsp3) is 1.00. The molecule has 1 N–H and O–H groups in total. The predicted molar refractivity (Wildman–Crippen MR) is 75.9 cm³/mol. The van der Waals surface area contributed by atoms with E-state index in [1.54, 1.807) is 0 Å². The molecule has 1 aliphatic heterocycles. The van der Waals surface area contributed by atoms with E-state index in [0.29, 0.717) is 18.2 Å². The summed E-state index contributed by atoms with van der Waals surface area (Å²) in [6.45, 7) is 8.28. The fourth-order valence-electron chi connectivity index (χ4n) is 3.65. The maximum Gasteiger partial charge on any atom is 0.0726 e. The predicted octanol–water partition coefficient (Wildman–Crippen LogP) is 2.26. The van der Waals surface area contributed by atoms with Crippen LogP contribution in [0.25, 0.3) is 0 Å². The Morgan fingerprint density at radius 3 is 2.83 bits per heavy atom. The Morgan fingerprint density at radius 1 is 1.28 bits per heavy atom. The summed E-state index contributed by atoms with van der Waals surface area (Å²) >= 11 is 0. The van der Waals surface area contributed by atoms with Crippen LogP contribution in [0.3, 0.4) is 0 Å². The maximum absolute atomic E-state index is 5.67. The Bertz CT molecular complexity index is 245. The van der Waals surface area contributed by atoms with E-state index in [0.717, 1.165) is 5.92 Å². The van der Waals surface area contributed by atoms with Gasteiger partial charge in [0.05, 0.1) is 6.10 Å². The molecule has 2 rings (SSSR count). The van der Waals surface area contributed by atoms with Gasteiger partial charge in [-0.15, -0.1) is 0 Å². The average molecular weight is 254 g/mol. The van der Waals surface area contributed by atoms with Crippen LogP contribution >= 0.6 is 0 Å². The second kappa shape index (κ2) is 6.88. The van der Waals surface area contributed by atoms with E-state index in [1.165, 1.54) is 51.7 Å². The fourth-order valence-corrected chi connectivity index (χ4v) is 3.65. The number of rotatable bonds is 4. The van der Waals surface area contributed by atoms with Crippen LogP contribution in [-0.4, -0.2) is 49.8 Å². The van der Waals surface area contributed by atoms with Gasteiger partial charge in [0.2, 0.25) is 0 Å². The van der Waals surface area contributed by atoms with Crippen LogP contribution in [0.1, 0.15) is 46.0 Å². The lowest BCUT2D eigenvalue weighted by Gasteiger charge is -2.33. The maximum atomic E-state index is 5.67. The second-order valence-corrected chi connectivity index (χ2v) is 6.40. The minimum Gasteiger partial charge on any atom is -0.380 e. The number of nitrogens with one attached hydrogen (secondary N) is 1. The van der Waals surface area contributed by atoms with Crippen LogP contribution < -0.4 is 5.32 Å². The molecule has 0 aromatic carbocycles. The highest BCUT2D eigenvalue weighted by molar-refractivity contribution is 4.89. The molecule has 1 saturated heterocycles. The third-order valence-corrected chi connectivity index (χ3v) is 4.46. The molecule has 0 bridgehead atoms. The van der Waals surface area contributed by atoms with Crippen LogP contribution in [0.5, 0.6) is 0 Å². The first kappa shape index (κ1) is 14.3. The van der Waals surface area contributed by atoms with Crippen molar-refractivity contribution in [3.63, 3.8) is 0 Å². The van der Waals surface area contributed by atoms with E-state index in [4.69, 9.17) is 4.74 Å². The van der Waals surface area contributed by atoms with Crippen molar-refractivity contribution in [2.24, 2.45) is 5.92 Å². The van der Waals surface area contributed by atoms with Gasteiger partial charge in [-0.2, -0.15) is 0 Å². The number of nitrogens with zero attached hydrogens (tertiary/aromatic N) is 1. The molecule has 0 aromatic rings. The Kier molecular flexibility index (Phi) is 5.46.